The Morgan fingerprint density at radius 3 is 2.14 bits per heavy atom. The molecule has 0 aliphatic carbocycles. The fourth-order valence-electron chi connectivity index (χ4n) is 1.99. The minimum Gasteiger partial charge on any atom is -0.377 e. The lowest BCUT2D eigenvalue weighted by Gasteiger charge is -2.18. The number of nitrogens with one attached hydrogen (secondary N) is 1. The molecular weight excluding hydrogens is 277 g/mol. The number of hydrogen-bond donors (Lipinski definition) is 1. The quantitative estimate of drug-likeness (QED) is 0.880. The zero-order valence-corrected chi connectivity index (χ0v) is 11.1. The number of nitrogens with zero attached hydrogens (tertiary/aromatic N) is 1. The number of hydrogen-bond acceptors (Lipinski definition) is 2. The van der Waals surface area contributed by atoms with E-state index in [4.69, 9.17) is 5.26 Å². The molecule has 1 N–H and O–H groups in total. The highest BCUT2D eigenvalue weighted by Crippen LogP contribution is 2.30. The zero-order valence-electron chi connectivity index (χ0n) is 11.1. The summed E-state index contributed by atoms with van der Waals surface area (Å²) in [5.74, 6) is 0. The van der Waals surface area contributed by atoms with E-state index < -0.39 is 11.7 Å². The molecule has 2 aromatic carbocycles. The molecule has 0 heterocycles. The van der Waals surface area contributed by atoms with Gasteiger partial charge in [-0.15, -0.1) is 0 Å². The molecule has 0 spiro atoms. The molecule has 1 atom stereocenters. The molecule has 0 aliphatic rings. The van der Waals surface area contributed by atoms with Crippen molar-refractivity contribution in [3.63, 3.8) is 0 Å². The Morgan fingerprint density at radius 1 is 1.00 bits per heavy atom. The molecule has 5 heteroatoms. The van der Waals surface area contributed by atoms with Crippen molar-refractivity contribution in [3.8, 4) is 6.07 Å². The maximum atomic E-state index is 12.5. The van der Waals surface area contributed by atoms with Crippen molar-refractivity contribution < 1.29 is 13.2 Å². The fourth-order valence-corrected chi connectivity index (χ4v) is 1.99. The third kappa shape index (κ3) is 3.99. The molecule has 0 saturated heterocycles. The van der Waals surface area contributed by atoms with Crippen molar-refractivity contribution in [2.45, 2.75) is 18.6 Å². The maximum Gasteiger partial charge on any atom is 0.416 e. The van der Waals surface area contributed by atoms with Crippen LogP contribution < -0.4 is 5.32 Å². The average molecular weight is 290 g/mol. The van der Waals surface area contributed by atoms with Crippen LogP contribution in [-0.2, 0) is 6.18 Å². The van der Waals surface area contributed by atoms with Gasteiger partial charge in [-0.1, -0.05) is 30.3 Å². The highest BCUT2D eigenvalue weighted by molar-refractivity contribution is 5.47. The smallest absolute Gasteiger partial charge is 0.377 e. The summed E-state index contributed by atoms with van der Waals surface area (Å²) in [5, 5.41) is 12.0. The van der Waals surface area contributed by atoms with Gasteiger partial charge in [0.15, 0.2) is 0 Å². The van der Waals surface area contributed by atoms with Crippen molar-refractivity contribution in [1.82, 2.24) is 0 Å². The molecule has 0 bridgehead atoms. The maximum absolute atomic E-state index is 12.5. The van der Waals surface area contributed by atoms with Gasteiger partial charge >= 0.3 is 6.18 Å². The van der Waals surface area contributed by atoms with Gasteiger partial charge in [0, 0.05) is 5.69 Å². The van der Waals surface area contributed by atoms with Crippen LogP contribution in [0.3, 0.4) is 0 Å². The highest BCUT2D eigenvalue weighted by atomic mass is 19.4. The molecule has 0 amide bonds. The van der Waals surface area contributed by atoms with Crippen LogP contribution in [0.2, 0.25) is 0 Å². The number of anilines is 1. The second-order valence-electron chi connectivity index (χ2n) is 4.54. The van der Waals surface area contributed by atoms with Crippen LogP contribution in [0, 0.1) is 11.3 Å². The molecular formula is C16H13F3N2. The lowest BCUT2D eigenvalue weighted by Crippen LogP contribution is -2.10. The topological polar surface area (TPSA) is 35.8 Å². The molecule has 0 fully saturated rings. The first-order chi connectivity index (χ1) is 10.0. The van der Waals surface area contributed by atoms with Gasteiger partial charge in [0.2, 0.25) is 0 Å². The Bertz CT molecular complexity index is 613. The summed E-state index contributed by atoms with van der Waals surface area (Å²) in [6.07, 6.45) is -4.12. The Balaban J connectivity index is 2.16. The molecule has 2 rings (SSSR count). The summed E-state index contributed by atoms with van der Waals surface area (Å²) >= 11 is 0. The predicted octanol–water partition coefficient (Wildman–Crippen LogP) is 4.77. The van der Waals surface area contributed by atoms with E-state index in [9.17, 15) is 13.2 Å². The van der Waals surface area contributed by atoms with Crippen molar-refractivity contribution in [1.29, 1.82) is 5.26 Å². The first-order valence-electron chi connectivity index (χ1n) is 6.36. The van der Waals surface area contributed by atoms with E-state index in [0.717, 1.165) is 17.7 Å². The summed E-state index contributed by atoms with van der Waals surface area (Å²) in [4.78, 5) is 0. The van der Waals surface area contributed by atoms with Crippen LogP contribution in [0.25, 0.3) is 0 Å². The van der Waals surface area contributed by atoms with Crippen molar-refractivity contribution >= 4 is 5.69 Å². The van der Waals surface area contributed by atoms with Crippen LogP contribution >= 0.6 is 0 Å². The van der Waals surface area contributed by atoms with Crippen LogP contribution in [0.15, 0.2) is 54.6 Å². The predicted molar refractivity (Wildman–Crippen MR) is 74.5 cm³/mol. The summed E-state index contributed by atoms with van der Waals surface area (Å²) in [6, 6.07) is 15.9. The van der Waals surface area contributed by atoms with Gasteiger partial charge in [-0.2, -0.15) is 18.4 Å². The standard InChI is InChI=1S/C16H13F3N2/c17-16(18,19)13-6-8-14(9-7-13)21-15(10-11-20)12-4-2-1-3-5-12/h1-9,15,21H,10H2. The second kappa shape index (κ2) is 6.31. The zero-order chi connectivity index (χ0) is 15.3. The third-order valence-corrected chi connectivity index (χ3v) is 3.05. The normalized spacial score (nSPS) is 12.5. The van der Waals surface area contributed by atoms with E-state index in [1.807, 2.05) is 30.3 Å². The third-order valence-electron chi connectivity index (χ3n) is 3.05. The molecule has 0 radical (unpaired) electrons. The first kappa shape index (κ1) is 14.9. The molecule has 0 saturated carbocycles. The minimum absolute atomic E-state index is 0.227. The van der Waals surface area contributed by atoms with Crippen LogP contribution in [0.5, 0.6) is 0 Å². The second-order valence-corrected chi connectivity index (χ2v) is 4.54. The molecule has 0 aliphatic heterocycles. The van der Waals surface area contributed by atoms with E-state index >= 15 is 0 Å². The van der Waals surface area contributed by atoms with Gasteiger partial charge in [0.25, 0.3) is 0 Å². The van der Waals surface area contributed by atoms with Crippen molar-refractivity contribution in [3.05, 3.63) is 65.7 Å². The molecule has 1 unspecified atom stereocenters. The van der Waals surface area contributed by atoms with E-state index in [0.29, 0.717) is 5.69 Å². The highest BCUT2D eigenvalue weighted by Gasteiger charge is 2.30. The van der Waals surface area contributed by atoms with E-state index in [-0.39, 0.29) is 12.5 Å². The summed E-state index contributed by atoms with van der Waals surface area (Å²) in [5.41, 5.74) is 0.774. The molecule has 21 heavy (non-hydrogen) atoms. The Labute approximate surface area is 120 Å². The van der Waals surface area contributed by atoms with Crippen LogP contribution in [0.1, 0.15) is 23.6 Å². The Hall–Kier alpha value is -2.48. The number of benzene rings is 2. The number of nitriles is 1. The van der Waals surface area contributed by atoms with E-state index in [1.54, 1.807) is 0 Å². The Morgan fingerprint density at radius 2 is 1.62 bits per heavy atom. The minimum atomic E-state index is -4.34. The molecule has 0 aromatic heterocycles. The number of alkyl halides is 3. The summed E-state index contributed by atoms with van der Waals surface area (Å²) < 4.78 is 37.5. The van der Waals surface area contributed by atoms with Crippen LogP contribution in [0.4, 0.5) is 18.9 Å². The Kier molecular flexibility index (Phi) is 4.49. The van der Waals surface area contributed by atoms with Crippen molar-refractivity contribution in [2.75, 3.05) is 5.32 Å². The summed E-state index contributed by atoms with van der Waals surface area (Å²) in [6.45, 7) is 0. The van der Waals surface area contributed by atoms with Gasteiger partial charge < -0.3 is 5.32 Å². The lowest BCUT2D eigenvalue weighted by atomic mass is 10.0. The number of rotatable bonds is 4. The van der Waals surface area contributed by atoms with Gasteiger partial charge in [-0.05, 0) is 29.8 Å². The van der Waals surface area contributed by atoms with Crippen molar-refractivity contribution in [2.24, 2.45) is 0 Å². The number of halogens is 3. The monoisotopic (exact) mass is 290 g/mol. The molecule has 2 nitrogen and oxygen atoms in total. The largest absolute Gasteiger partial charge is 0.416 e. The van der Waals surface area contributed by atoms with E-state index in [2.05, 4.69) is 11.4 Å². The van der Waals surface area contributed by atoms with Gasteiger partial charge in [0.1, 0.15) is 0 Å². The molecule has 108 valence electrons. The van der Waals surface area contributed by atoms with Crippen LogP contribution in [-0.4, -0.2) is 0 Å². The average Bonchev–Trinajstić information content (AvgIpc) is 2.47. The van der Waals surface area contributed by atoms with Gasteiger partial charge in [-0.3, -0.25) is 0 Å². The SMILES string of the molecule is N#CCC(Nc1ccc(C(F)(F)F)cc1)c1ccccc1. The van der Waals surface area contributed by atoms with E-state index in [1.165, 1.54) is 12.1 Å². The van der Waals surface area contributed by atoms with Gasteiger partial charge in [0.05, 0.1) is 24.1 Å². The lowest BCUT2D eigenvalue weighted by molar-refractivity contribution is -0.137. The molecule has 2 aromatic rings. The first-order valence-corrected chi connectivity index (χ1v) is 6.36. The fraction of sp³-hybridized carbons (Fsp3) is 0.188. The van der Waals surface area contributed by atoms with Gasteiger partial charge in [-0.25, -0.2) is 0 Å². The summed E-state index contributed by atoms with van der Waals surface area (Å²) in [7, 11) is 0.